The SMILES string of the molecule is CN1CCCN(S(=O)(=O)N[C@@H](Cc2ccccc2)C(=O)c2[c]n[nH]c2)CC1. The van der Waals surface area contributed by atoms with Gasteiger partial charge in [0.05, 0.1) is 11.6 Å². The fraction of sp³-hybridized carbons (Fsp3) is 0.444. The molecule has 1 aliphatic heterocycles. The first-order valence-electron chi connectivity index (χ1n) is 8.91. The first-order valence-corrected chi connectivity index (χ1v) is 10.4. The molecule has 1 aliphatic rings. The van der Waals surface area contributed by atoms with Crippen LogP contribution in [-0.2, 0) is 16.6 Å². The molecule has 0 saturated carbocycles. The number of hydrogen-bond acceptors (Lipinski definition) is 5. The molecule has 1 aromatic carbocycles. The first kappa shape index (κ1) is 19.7. The van der Waals surface area contributed by atoms with E-state index < -0.39 is 16.3 Å². The summed E-state index contributed by atoms with van der Waals surface area (Å²) in [5, 5.41) is 6.22. The van der Waals surface area contributed by atoms with Crippen LogP contribution in [0.5, 0.6) is 0 Å². The van der Waals surface area contributed by atoms with Gasteiger partial charge in [0.2, 0.25) is 0 Å². The Bertz CT molecular complexity index is 839. The van der Waals surface area contributed by atoms with E-state index in [1.165, 1.54) is 10.5 Å². The summed E-state index contributed by atoms with van der Waals surface area (Å²) >= 11 is 0. The highest BCUT2D eigenvalue weighted by Gasteiger charge is 2.31. The Labute approximate surface area is 159 Å². The summed E-state index contributed by atoms with van der Waals surface area (Å²) in [7, 11) is -1.82. The number of aromatic amines is 1. The van der Waals surface area contributed by atoms with E-state index in [1.54, 1.807) is 0 Å². The van der Waals surface area contributed by atoms with Gasteiger partial charge in [-0.05, 0) is 32.0 Å². The second-order valence-corrected chi connectivity index (χ2v) is 8.40. The van der Waals surface area contributed by atoms with Crippen LogP contribution >= 0.6 is 0 Å². The average molecular weight is 390 g/mol. The van der Waals surface area contributed by atoms with Gasteiger partial charge in [0.15, 0.2) is 5.78 Å². The van der Waals surface area contributed by atoms with Gasteiger partial charge in [-0.2, -0.15) is 22.5 Å². The van der Waals surface area contributed by atoms with E-state index in [0.717, 1.165) is 18.5 Å². The summed E-state index contributed by atoms with van der Waals surface area (Å²) in [6.45, 7) is 2.34. The smallest absolute Gasteiger partial charge is 0.280 e. The van der Waals surface area contributed by atoms with E-state index in [9.17, 15) is 13.2 Å². The Hall–Kier alpha value is -2.07. The first-order chi connectivity index (χ1) is 13.0. The molecule has 1 atom stereocenters. The molecule has 0 amide bonds. The van der Waals surface area contributed by atoms with Gasteiger partial charge >= 0.3 is 0 Å². The minimum Gasteiger partial charge on any atom is -0.305 e. The van der Waals surface area contributed by atoms with Gasteiger partial charge in [-0.25, -0.2) is 0 Å². The number of benzene rings is 1. The lowest BCUT2D eigenvalue weighted by atomic mass is 10.0. The van der Waals surface area contributed by atoms with Gasteiger partial charge in [-0.1, -0.05) is 30.3 Å². The molecule has 9 heteroatoms. The van der Waals surface area contributed by atoms with Gasteiger partial charge in [0.1, 0.15) is 6.20 Å². The third kappa shape index (κ3) is 5.23. The molecular weight excluding hydrogens is 366 g/mol. The quantitative estimate of drug-likeness (QED) is 0.670. The third-order valence-corrected chi connectivity index (χ3v) is 6.25. The van der Waals surface area contributed by atoms with Crippen LogP contribution in [0.1, 0.15) is 22.3 Å². The zero-order valence-electron chi connectivity index (χ0n) is 15.3. The molecule has 2 heterocycles. The maximum absolute atomic E-state index is 12.9. The van der Waals surface area contributed by atoms with Gasteiger partial charge in [0, 0.05) is 25.8 Å². The molecule has 145 valence electrons. The van der Waals surface area contributed by atoms with E-state index in [1.807, 2.05) is 37.4 Å². The predicted octanol–water partition coefficient (Wildman–Crippen LogP) is 0.476. The van der Waals surface area contributed by atoms with Crippen molar-refractivity contribution in [3.05, 3.63) is 53.9 Å². The summed E-state index contributed by atoms with van der Waals surface area (Å²) < 4.78 is 29.9. The summed E-state index contributed by atoms with van der Waals surface area (Å²) in [6.07, 6.45) is 5.01. The van der Waals surface area contributed by atoms with Crippen molar-refractivity contribution >= 4 is 16.0 Å². The number of likely N-dealkylation sites (N-methyl/N-ethyl adjacent to an activating group) is 1. The van der Waals surface area contributed by atoms with Crippen LogP contribution in [0, 0.1) is 6.20 Å². The fourth-order valence-electron chi connectivity index (χ4n) is 3.09. The molecule has 0 aliphatic carbocycles. The normalized spacial score (nSPS) is 18.1. The molecule has 1 fully saturated rings. The zero-order valence-corrected chi connectivity index (χ0v) is 16.1. The number of Topliss-reactive ketones (excluding diaryl/α,β-unsaturated/α-hetero) is 1. The lowest BCUT2D eigenvalue weighted by Gasteiger charge is -2.24. The molecule has 1 aromatic heterocycles. The average Bonchev–Trinajstić information content (AvgIpc) is 3.09. The third-order valence-electron chi connectivity index (χ3n) is 4.62. The van der Waals surface area contributed by atoms with Crippen molar-refractivity contribution in [3.63, 3.8) is 0 Å². The van der Waals surface area contributed by atoms with Crippen LogP contribution in [-0.4, -0.2) is 72.9 Å². The van der Waals surface area contributed by atoms with Crippen molar-refractivity contribution in [2.24, 2.45) is 0 Å². The number of ketones is 1. The Morgan fingerprint density at radius 1 is 1.26 bits per heavy atom. The van der Waals surface area contributed by atoms with Gasteiger partial charge in [0.25, 0.3) is 10.2 Å². The second kappa shape index (κ2) is 8.75. The minimum atomic E-state index is -3.79. The minimum absolute atomic E-state index is 0.231. The van der Waals surface area contributed by atoms with Crippen LogP contribution < -0.4 is 4.72 Å². The molecule has 0 unspecified atom stereocenters. The van der Waals surface area contributed by atoms with E-state index in [4.69, 9.17) is 0 Å². The monoisotopic (exact) mass is 390 g/mol. The Morgan fingerprint density at radius 3 is 2.74 bits per heavy atom. The number of rotatable bonds is 7. The van der Waals surface area contributed by atoms with Crippen LogP contribution in [0.4, 0.5) is 0 Å². The summed E-state index contributed by atoms with van der Waals surface area (Å²) in [6, 6.07) is 8.41. The Kier molecular flexibility index (Phi) is 6.38. The largest absolute Gasteiger partial charge is 0.305 e. The van der Waals surface area contributed by atoms with Gasteiger partial charge < -0.3 is 4.90 Å². The Morgan fingerprint density at radius 2 is 2.04 bits per heavy atom. The number of aromatic nitrogens is 2. The lowest BCUT2D eigenvalue weighted by Crippen LogP contribution is -2.50. The second-order valence-electron chi connectivity index (χ2n) is 6.70. The molecular formula is C18H24N5O3S. The van der Waals surface area contributed by atoms with E-state index >= 15 is 0 Å². The number of hydrogen-bond donors (Lipinski definition) is 2. The number of H-pyrrole nitrogens is 1. The Balaban J connectivity index is 1.80. The number of carbonyl (C=O) groups is 1. The van der Waals surface area contributed by atoms with Crippen LogP contribution in [0.15, 0.2) is 36.5 Å². The molecule has 0 bridgehead atoms. The van der Waals surface area contributed by atoms with Crippen molar-refractivity contribution in [1.29, 1.82) is 0 Å². The van der Waals surface area contributed by atoms with Crippen LogP contribution in [0.25, 0.3) is 0 Å². The fourth-order valence-corrected chi connectivity index (χ4v) is 4.48. The molecule has 27 heavy (non-hydrogen) atoms. The highest BCUT2D eigenvalue weighted by molar-refractivity contribution is 7.87. The maximum Gasteiger partial charge on any atom is 0.280 e. The highest BCUT2D eigenvalue weighted by Crippen LogP contribution is 2.12. The number of carbonyl (C=O) groups excluding carboxylic acids is 1. The van der Waals surface area contributed by atoms with E-state index in [0.29, 0.717) is 19.6 Å². The predicted molar refractivity (Wildman–Crippen MR) is 101 cm³/mol. The zero-order chi connectivity index (χ0) is 19.3. The van der Waals surface area contributed by atoms with Crippen molar-refractivity contribution in [1.82, 2.24) is 24.1 Å². The molecule has 1 radical (unpaired) electrons. The maximum atomic E-state index is 12.9. The number of nitrogens with one attached hydrogen (secondary N) is 2. The number of nitrogens with zero attached hydrogens (tertiary/aromatic N) is 3. The topological polar surface area (TPSA) is 98.4 Å². The van der Waals surface area contributed by atoms with E-state index in [-0.39, 0.29) is 17.8 Å². The standard InChI is InChI=1S/C18H24N5O3S/c1-22-8-5-9-23(11-10-22)27(25,26)21-17(12-15-6-3-2-4-7-15)18(24)16-13-19-20-14-16/h2-4,6-7,13,17,21H,5,8-12H2,1H3,(H,19,20)/t17-/m0/s1. The molecule has 2 aromatic rings. The van der Waals surface area contributed by atoms with Crippen LogP contribution in [0.3, 0.4) is 0 Å². The van der Waals surface area contributed by atoms with E-state index in [2.05, 4.69) is 26.0 Å². The van der Waals surface area contributed by atoms with Gasteiger partial charge in [-0.3, -0.25) is 9.89 Å². The highest BCUT2D eigenvalue weighted by atomic mass is 32.2. The molecule has 2 N–H and O–H groups in total. The summed E-state index contributed by atoms with van der Waals surface area (Å²) in [5.74, 6) is -0.358. The van der Waals surface area contributed by atoms with Crippen molar-refractivity contribution in [3.8, 4) is 0 Å². The van der Waals surface area contributed by atoms with Gasteiger partial charge in [-0.15, -0.1) is 0 Å². The van der Waals surface area contributed by atoms with Crippen molar-refractivity contribution < 1.29 is 13.2 Å². The summed E-state index contributed by atoms with van der Waals surface area (Å²) in [5.41, 5.74) is 1.10. The van der Waals surface area contributed by atoms with Crippen molar-refractivity contribution in [2.75, 3.05) is 33.2 Å². The molecule has 3 rings (SSSR count). The van der Waals surface area contributed by atoms with Crippen molar-refractivity contribution in [2.45, 2.75) is 18.9 Å². The van der Waals surface area contributed by atoms with Crippen LogP contribution in [0.2, 0.25) is 0 Å². The lowest BCUT2D eigenvalue weighted by molar-refractivity contribution is 0.0952. The molecule has 0 spiro atoms. The molecule has 8 nitrogen and oxygen atoms in total. The summed E-state index contributed by atoms with van der Waals surface area (Å²) in [4.78, 5) is 14.9. The molecule has 1 saturated heterocycles.